The number of anilines is 1. The van der Waals surface area contributed by atoms with Crippen LogP contribution in [0.1, 0.15) is 26.3 Å². The maximum atomic E-state index is 12.9. The molecule has 0 radical (unpaired) electrons. The van der Waals surface area contributed by atoms with Gasteiger partial charge in [-0.2, -0.15) is 0 Å². The minimum atomic E-state index is -1.19. The molecule has 0 saturated carbocycles. The van der Waals surface area contributed by atoms with Crippen molar-refractivity contribution in [3.8, 4) is 0 Å². The Morgan fingerprint density at radius 3 is 2.37 bits per heavy atom. The van der Waals surface area contributed by atoms with Gasteiger partial charge in [0, 0.05) is 30.2 Å². The second-order valence-electron chi connectivity index (χ2n) is 7.61. The fourth-order valence-electron chi connectivity index (χ4n) is 3.60. The van der Waals surface area contributed by atoms with Crippen molar-refractivity contribution in [1.29, 1.82) is 0 Å². The van der Waals surface area contributed by atoms with Crippen LogP contribution in [0.5, 0.6) is 0 Å². The molecule has 0 unspecified atom stereocenters. The summed E-state index contributed by atoms with van der Waals surface area (Å²) < 4.78 is 3.38. The van der Waals surface area contributed by atoms with Crippen molar-refractivity contribution in [2.45, 2.75) is 6.54 Å². The molecule has 176 valence electrons. The van der Waals surface area contributed by atoms with Crippen LogP contribution in [-0.4, -0.2) is 46.1 Å². The number of pyridine rings is 2. The van der Waals surface area contributed by atoms with Crippen LogP contribution in [0.4, 0.5) is 5.69 Å². The van der Waals surface area contributed by atoms with Gasteiger partial charge in [0.15, 0.2) is 11.3 Å². The van der Waals surface area contributed by atoms with E-state index in [0.717, 1.165) is 0 Å². The number of aryl methyl sites for hydroxylation is 1. The Labute approximate surface area is 212 Å². The SMILES string of the molecule is Cn1cnc2c(Cl)c(C(=O)Nc3ccc(Cl)c(Cn4cnc5c(Cl)c(C(=O)O)cnc54)c3)cnc21. The van der Waals surface area contributed by atoms with Gasteiger partial charge in [-0.25, -0.2) is 24.7 Å². The minimum absolute atomic E-state index is 0.00345. The third kappa shape index (κ3) is 4.05. The number of rotatable bonds is 5. The Bertz CT molecular complexity index is 1660. The summed E-state index contributed by atoms with van der Waals surface area (Å²) in [6.07, 6.45) is 5.64. The highest BCUT2D eigenvalue weighted by atomic mass is 35.5. The summed E-state index contributed by atoms with van der Waals surface area (Å²) in [5, 5.41) is 12.7. The number of amides is 1. The summed E-state index contributed by atoms with van der Waals surface area (Å²) in [5.74, 6) is -1.64. The molecule has 2 N–H and O–H groups in total. The van der Waals surface area contributed by atoms with E-state index in [1.807, 2.05) is 0 Å². The van der Waals surface area contributed by atoms with Crippen LogP contribution in [0.15, 0.2) is 43.2 Å². The van der Waals surface area contributed by atoms with E-state index in [4.69, 9.17) is 34.8 Å². The molecule has 0 bridgehead atoms. The normalized spacial score (nSPS) is 11.3. The van der Waals surface area contributed by atoms with Gasteiger partial charge >= 0.3 is 5.97 Å². The van der Waals surface area contributed by atoms with E-state index in [1.54, 1.807) is 40.7 Å². The molecule has 4 aromatic heterocycles. The molecule has 5 aromatic rings. The van der Waals surface area contributed by atoms with Gasteiger partial charge in [0.2, 0.25) is 0 Å². The number of nitrogens with one attached hydrogen (secondary N) is 1. The van der Waals surface area contributed by atoms with Gasteiger partial charge in [-0.1, -0.05) is 34.8 Å². The van der Waals surface area contributed by atoms with E-state index in [1.165, 1.54) is 18.7 Å². The van der Waals surface area contributed by atoms with Crippen LogP contribution in [0.2, 0.25) is 15.1 Å². The first-order chi connectivity index (χ1) is 16.7. The molecule has 13 heteroatoms. The molecule has 0 spiro atoms. The summed E-state index contributed by atoms with van der Waals surface area (Å²) in [4.78, 5) is 41.1. The average molecular weight is 531 g/mol. The lowest BCUT2D eigenvalue weighted by molar-refractivity contribution is 0.0696. The number of aromatic nitrogens is 6. The molecule has 0 fully saturated rings. The van der Waals surface area contributed by atoms with Crippen LogP contribution < -0.4 is 5.32 Å². The van der Waals surface area contributed by atoms with Gasteiger partial charge in [0.1, 0.15) is 11.0 Å². The Morgan fingerprint density at radius 2 is 1.60 bits per heavy atom. The molecule has 4 heterocycles. The van der Waals surface area contributed by atoms with E-state index < -0.39 is 11.9 Å². The second kappa shape index (κ2) is 8.81. The van der Waals surface area contributed by atoms with Crippen molar-refractivity contribution in [2.24, 2.45) is 7.05 Å². The third-order valence-electron chi connectivity index (χ3n) is 5.36. The molecule has 0 aliphatic heterocycles. The van der Waals surface area contributed by atoms with Crippen LogP contribution in [0.25, 0.3) is 22.3 Å². The van der Waals surface area contributed by atoms with Crippen LogP contribution in [0.3, 0.4) is 0 Å². The summed E-state index contributed by atoms with van der Waals surface area (Å²) >= 11 is 19.0. The molecule has 0 saturated heterocycles. The zero-order valence-electron chi connectivity index (χ0n) is 17.8. The number of benzene rings is 1. The number of hydrogen-bond acceptors (Lipinski definition) is 6. The number of carboxylic acids is 1. The maximum absolute atomic E-state index is 12.9. The third-order valence-corrected chi connectivity index (χ3v) is 6.49. The predicted octanol–water partition coefficient (Wildman–Crippen LogP) is 4.67. The number of hydrogen-bond donors (Lipinski definition) is 2. The highest BCUT2D eigenvalue weighted by molar-refractivity contribution is 6.38. The number of nitrogens with zero attached hydrogens (tertiary/aromatic N) is 6. The van der Waals surface area contributed by atoms with Crippen LogP contribution >= 0.6 is 34.8 Å². The molecule has 0 atom stereocenters. The van der Waals surface area contributed by atoms with Gasteiger partial charge in [-0.15, -0.1) is 0 Å². The zero-order chi connectivity index (χ0) is 24.9. The highest BCUT2D eigenvalue weighted by Crippen LogP contribution is 2.28. The van der Waals surface area contributed by atoms with Crippen molar-refractivity contribution < 1.29 is 14.7 Å². The summed E-state index contributed by atoms with van der Waals surface area (Å²) in [6.45, 7) is 0.247. The highest BCUT2D eigenvalue weighted by Gasteiger charge is 2.19. The van der Waals surface area contributed by atoms with E-state index in [9.17, 15) is 14.7 Å². The first kappa shape index (κ1) is 23.0. The summed E-state index contributed by atoms with van der Waals surface area (Å²) in [7, 11) is 1.78. The minimum Gasteiger partial charge on any atom is -0.478 e. The van der Waals surface area contributed by atoms with Gasteiger partial charge in [0.05, 0.1) is 40.4 Å². The van der Waals surface area contributed by atoms with Gasteiger partial charge < -0.3 is 19.6 Å². The molecule has 5 rings (SSSR count). The Hall–Kier alpha value is -3.73. The average Bonchev–Trinajstić information content (AvgIpc) is 3.41. The zero-order valence-corrected chi connectivity index (χ0v) is 20.1. The van der Waals surface area contributed by atoms with E-state index in [0.29, 0.717) is 33.1 Å². The van der Waals surface area contributed by atoms with Crippen molar-refractivity contribution >= 4 is 74.7 Å². The fourth-order valence-corrected chi connectivity index (χ4v) is 4.30. The Kier molecular flexibility index (Phi) is 5.79. The van der Waals surface area contributed by atoms with Gasteiger partial charge in [0.25, 0.3) is 5.91 Å². The molecular formula is C22H14Cl3N7O3. The lowest BCUT2D eigenvalue weighted by Gasteiger charge is -2.11. The topological polar surface area (TPSA) is 128 Å². The van der Waals surface area contributed by atoms with Gasteiger partial charge in [-0.05, 0) is 23.8 Å². The van der Waals surface area contributed by atoms with Gasteiger partial charge in [-0.3, -0.25) is 4.79 Å². The largest absolute Gasteiger partial charge is 0.478 e. The van der Waals surface area contributed by atoms with Crippen molar-refractivity contribution in [3.63, 3.8) is 0 Å². The Balaban J connectivity index is 1.43. The molecule has 1 amide bonds. The smallest absolute Gasteiger partial charge is 0.338 e. The number of carbonyl (C=O) groups excluding carboxylic acids is 1. The molecule has 35 heavy (non-hydrogen) atoms. The molecule has 1 aromatic carbocycles. The van der Waals surface area contributed by atoms with Crippen molar-refractivity contribution in [1.82, 2.24) is 29.1 Å². The molecule has 0 aliphatic rings. The quantitative estimate of drug-likeness (QED) is 0.338. The molecule has 0 aliphatic carbocycles. The first-order valence-electron chi connectivity index (χ1n) is 10.0. The molecule has 10 nitrogen and oxygen atoms in total. The fraction of sp³-hybridized carbons (Fsp3) is 0.0909. The number of carbonyl (C=O) groups is 2. The van der Waals surface area contributed by atoms with E-state index in [-0.39, 0.29) is 33.2 Å². The van der Waals surface area contributed by atoms with E-state index >= 15 is 0 Å². The second-order valence-corrected chi connectivity index (χ2v) is 8.77. The summed E-state index contributed by atoms with van der Waals surface area (Å²) in [6, 6.07) is 5.01. The standard InChI is InChI=1S/C22H14Cl3N7O3/c1-31-8-28-17-15(24)12(5-26-19(17)31)21(33)30-11-2-3-14(23)10(4-11)7-32-9-29-18-16(25)13(22(34)35)6-27-20(18)32/h2-6,8-9H,7H2,1H3,(H,30,33)(H,34,35). The van der Waals surface area contributed by atoms with Crippen LogP contribution in [-0.2, 0) is 13.6 Å². The Morgan fingerprint density at radius 1 is 0.943 bits per heavy atom. The number of fused-ring (bicyclic) bond motifs is 2. The number of carboxylic acid groups (broad SMARTS) is 1. The van der Waals surface area contributed by atoms with Crippen molar-refractivity contribution in [3.05, 3.63) is 75.0 Å². The first-order valence-corrected chi connectivity index (χ1v) is 11.2. The number of aromatic carboxylic acids is 1. The molecular weight excluding hydrogens is 517 g/mol. The summed E-state index contributed by atoms with van der Waals surface area (Å²) in [5.41, 5.74) is 2.85. The lowest BCUT2D eigenvalue weighted by atomic mass is 10.1. The van der Waals surface area contributed by atoms with Crippen LogP contribution in [0, 0.1) is 0 Å². The maximum Gasteiger partial charge on any atom is 0.338 e. The lowest BCUT2D eigenvalue weighted by Crippen LogP contribution is -2.13. The monoisotopic (exact) mass is 529 g/mol. The van der Waals surface area contributed by atoms with Crippen molar-refractivity contribution in [2.75, 3.05) is 5.32 Å². The van der Waals surface area contributed by atoms with E-state index in [2.05, 4.69) is 25.3 Å². The number of imidazole rings is 2. The number of halogens is 3. The predicted molar refractivity (Wildman–Crippen MR) is 132 cm³/mol.